The highest BCUT2D eigenvalue weighted by molar-refractivity contribution is 6.13. The van der Waals surface area contributed by atoms with E-state index < -0.39 is 0 Å². The maximum absolute atomic E-state index is 2.64. The molecule has 0 spiro atoms. The number of imidazole rings is 1. The molecule has 0 N–H and O–H groups in total. The van der Waals surface area contributed by atoms with Gasteiger partial charge in [-0.05, 0) is 109 Å². The molecule has 2 nitrogen and oxygen atoms in total. The van der Waals surface area contributed by atoms with Crippen molar-refractivity contribution in [2.75, 3.05) is 0 Å². The van der Waals surface area contributed by atoms with Crippen LogP contribution in [0.25, 0.3) is 44.7 Å². The van der Waals surface area contributed by atoms with Crippen molar-refractivity contribution < 1.29 is 4.57 Å². The lowest BCUT2D eigenvalue weighted by molar-refractivity contribution is -0.584. The Morgan fingerprint density at radius 2 is 0.681 bits per heavy atom. The van der Waals surface area contributed by atoms with E-state index in [2.05, 4.69) is 246 Å². The van der Waals surface area contributed by atoms with Gasteiger partial charge in [0, 0.05) is 62.4 Å². The van der Waals surface area contributed by atoms with Crippen molar-refractivity contribution in [2.24, 2.45) is 0 Å². The van der Waals surface area contributed by atoms with Crippen molar-refractivity contribution in [1.29, 1.82) is 0 Å². The lowest BCUT2D eigenvalue weighted by atomic mass is 9.82. The Morgan fingerprint density at radius 1 is 0.362 bits per heavy atom. The van der Waals surface area contributed by atoms with Crippen LogP contribution in [0.5, 0.6) is 0 Å². The van der Waals surface area contributed by atoms with Gasteiger partial charge in [-0.3, -0.25) is 0 Å². The van der Waals surface area contributed by atoms with E-state index in [1.54, 1.807) is 0 Å². The minimum atomic E-state index is 0.120. The predicted molar refractivity (Wildman–Crippen MR) is 292 cm³/mol. The Kier molecular flexibility index (Phi) is 11.8. The Bertz CT molecular complexity index is 3060. The fourth-order valence-corrected chi connectivity index (χ4v) is 12.4. The third-order valence-electron chi connectivity index (χ3n) is 15.3. The van der Waals surface area contributed by atoms with E-state index in [4.69, 9.17) is 0 Å². The van der Waals surface area contributed by atoms with Gasteiger partial charge in [0.1, 0.15) is 11.4 Å². The summed E-state index contributed by atoms with van der Waals surface area (Å²) in [6.07, 6.45) is 2.50. The highest BCUT2D eigenvalue weighted by Crippen LogP contribution is 2.50. The van der Waals surface area contributed by atoms with Crippen molar-refractivity contribution in [3.05, 3.63) is 240 Å². The zero-order chi connectivity index (χ0) is 48.7. The summed E-state index contributed by atoms with van der Waals surface area (Å²) in [5.41, 5.74) is 31.3. The molecule has 9 aromatic rings. The molecule has 0 amide bonds. The predicted octanol–water partition coefficient (Wildman–Crippen LogP) is 17.2. The Morgan fingerprint density at radius 3 is 1.06 bits per heavy atom. The summed E-state index contributed by atoms with van der Waals surface area (Å²) in [4.78, 5) is 0. The van der Waals surface area contributed by atoms with Gasteiger partial charge in [0.05, 0.1) is 0 Å². The van der Waals surface area contributed by atoms with Gasteiger partial charge in [-0.15, -0.1) is 0 Å². The molecule has 346 valence electrons. The van der Waals surface area contributed by atoms with Crippen LogP contribution >= 0.6 is 0 Å². The van der Waals surface area contributed by atoms with E-state index in [9.17, 15) is 0 Å². The summed E-state index contributed by atoms with van der Waals surface area (Å²) in [6.45, 7) is 32.2. The molecule has 69 heavy (non-hydrogen) atoms. The Balaban J connectivity index is 1.36. The highest BCUT2D eigenvalue weighted by atomic mass is 15.2. The number of aryl methyl sites for hydroxylation is 10. The molecule has 0 aliphatic heterocycles. The van der Waals surface area contributed by atoms with E-state index >= 15 is 0 Å². The second-order valence-electron chi connectivity index (χ2n) is 21.4. The molecule has 1 heterocycles. The van der Waals surface area contributed by atoms with Gasteiger partial charge < -0.3 is 0 Å². The standard InChI is InChI=1S/C67H69N2/c1-38-21-39(2)26-53(25-38)48(11)59-33-46(9)34-60(49(12)54-27-40(3)22-41(4)28-54)64(59)68-37-69(67-58-20-16-18-52-17-15-19-57(63(52)58)66(67)68)65-61(50(13)55-29-42(5)23-43(6)30-55)35-47(10)36-62(65)51(14)56-31-44(7)24-45(8)32-56/h15-37,48-51H,1-14H3/q+1/t48-,49-,50-,51-/m1/s1. The molecule has 1 aliphatic carbocycles. The van der Waals surface area contributed by atoms with Gasteiger partial charge in [0.15, 0.2) is 11.4 Å². The fraction of sp³-hybridized carbons (Fsp3) is 0.269. The number of aromatic nitrogens is 2. The molecule has 0 radical (unpaired) electrons. The molecule has 0 fully saturated rings. The van der Waals surface area contributed by atoms with Gasteiger partial charge in [-0.2, -0.15) is 9.13 Å². The van der Waals surface area contributed by atoms with E-state index in [1.165, 1.54) is 145 Å². The van der Waals surface area contributed by atoms with Crippen molar-refractivity contribution in [1.82, 2.24) is 4.57 Å². The smallest absolute Gasteiger partial charge is 0.193 e. The third-order valence-corrected chi connectivity index (χ3v) is 15.3. The molecule has 4 atom stereocenters. The maximum Gasteiger partial charge on any atom is 0.255 e. The molecule has 1 aromatic heterocycles. The molecule has 0 unspecified atom stereocenters. The van der Waals surface area contributed by atoms with Gasteiger partial charge >= 0.3 is 0 Å². The lowest BCUT2D eigenvalue weighted by Crippen LogP contribution is -2.35. The van der Waals surface area contributed by atoms with Crippen molar-refractivity contribution in [2.45, 2.75) is 121 Å². The first kappa shape index (κ1) is 46.0. The van der Waals surface area contributed by atoms with Crippen LogP contribution in [-0.4, -0.2) is 4.57 Å². The van der Waals surface area contributed by atoms with Crippen LogP contribution in [0.4, 0.5) is 0 Å². The first-order valence-electron chi connectivity index (χ1n) is 25.3. The molecule has 1 aliphatic rings. The summed E-state index contributed by atoms with van der Waals surface area (Å²) in [6, 6.07) is 52.3. The quantitative estimate of drug-likeness (QED) is 0.121. The number of nitrogens with zero attached hydrogens (tertiary/aromatic N) is 2. The molecule has 0 saturated carbocycles. The molecular formula is C67H69N2+. The van der Waals surface area contributed by atoms with Crippen molar-refractivity contribution in [3.8, 4) is 33.9 Å². The number of rotatable bonds is 10. The second-order valence-corrected chi connectivity index (χ2v) is 21.4. The lowest BCUT2D eigenvalue weighted by Gasteiger charge is -2.24. The second kappa shape index (κ2) is 17.6. The van der Waals surface area contributed by atoms with Crippen LogP contribution < -0.4 is 4.57 Å². The molecule has 8 aromatic carbocycles. The van der Waals surface area contributed by atoms with Crippen LogP contribution in [0, 0.1) is 69.2 Å². The molecule has 0 bridgehead atoms. The topological polar surface area (TPSA) is 8.81 Å². The van der Waals surface area contributed by atoms with Gasteiger partial charge in [0.2, 0.25) is 0 Å². The third kappa shape index (κ3) is 8.26. The Labute approximate surface area is 412 Å². The van der Waals surface area contributed by atoms with E-state index in [1.807, 2.05) is 0 Å². The normalized spacial score (nSPS) is 13.7. The van der Waals surface area contributed by atoms with Gasteiger partial charge in [-0.25, -0.2) is 0 Å². The average molecular weight is 902 g/mol. The van der Waals surface area contributed by atoms with E-state index in [-0.39, 0.29) is 23.7 Å². The molecular weight excluding hydrogens is 833 g/mol. The number of hydrogen-bond donors (Lipinski definition) is 0. The fourth-order valence-electron chi connectivity index (χ4n) is 12.4. The van der Waals surface area contributed by atoms with Crippen molar-refractivity contribution >= 4 is 10.8 Å². The monoisotopic (exact) mass is 902 g/mol. The maximum atomic E-state index is 2.64. The van der Waals surface area contributed by atoms with Crippen LogP contribution in [0.2, 0.25) is 0 Å². The number of benzene rings is 8. The number of hydrogen-bond acceptors (Lipinski definition) is 0. The van der Waals surface area contributed by atoms with Crippen LogP contribution in [0.15, 0.2) is 140 Å². The molecule has 2 heteroatoms. The number of fused-ring (bicyclic) bond motifs is 3. The highest BCUT2D eigenvalue weighted by Gasteiger charge is 2.40. The summed E-state index contributed by atoms with van der Waals surface area (Å²) in [5, 5.41) is 2.60. The Hall–Kier alpha value is -6.77. The van der Waals surface area contributed by atoms with Crippen LogP contribution in [-0.2, 0) is 0 Å². The molecule has 10 rings (SSSR count). The SMILES string of the molecule is Cc1cc(C)cc([C@@H](C)c2cc(C)cc([C@H](C)c3cc(C)cc(C)c3)c2-n2c[n+](-c3c([C@H](C)c4cc(C)cc(C)c4)cc(C)cc3[C@H](C)c3cc(C)cc(C)c3)c3c2-c2cccc4cccc-3c24)c1. The van der Waals surface area contributed by atoms with Gasteiger partial charge in [0.25, 0.3) is 6.33 Å². The van der Waals surface area contributed by atoms with Crippen LogP contribution in [0.3, 0.4) is 0 Å². The zero-order valence-corrected chi connectivity index (χ0v) is 43.5. The summed E-state index contributed by atoms with van der Waals surface area (Å²) < 4.78 is 5.28. The first-order chi connectivity index (χ1) is 32.9. The molecule has 0 saturated heterocycles. The van der Waals surface area contributed by atoms with E-state index in [0.717, 1.165) is 0 Å². The summed E-state index contributed by atoms with van der Waals surface area (Å²) in [5.74, 6) is 0.479. The van der Waals surface area contributed by atoms with E-state index in [0.29, 0.717) is 0 Å². The first-order valence-corrected chi connectivity index (χ1v) is 25.3. The van der Waals surface area contributed by atoms with Gasteiger partial charge in [-0.1, -0.05) is 205 Å². The minimum absolute atomic E-state index is 0.120. The largest absolute Gasteiger partial charge is 0.255 e. The average Bonchev–Trinajstić information content (AvgIpc) is 3.83. The van der Waals surface area contributed by atoms with Crippen LogP contribution in [0.1, 0.15) is 152 Å². The summed E-state index contributed by atoms with van der Waals surface area (Å²) in [7, 11) is 0. The minimum Gasteiger partial charge on any atom is -0.193 e. The van der Waals surface area contributed by atoms with Crippen molar-refractivity contribution in [3.63, 3.8) is 0 Å². The summed E-state index contributed by atoms with van der Waals surface area (Å²) >= 11 is 0. The zero-order valence-electron chi connectivity index (χ0n) is 43.5.